The van der Waals surface area contributed by atoms with E-state index >= 15 is 0 Å². The van der Waals surface area contributed by atoms with Gasteiger partial charge in [-0.1, -0.05) is 110 Å². The Balaban J connectivity index is 1.23. The monoisotopic (exact) mass is 670 g/mol. The first-order valence-electron chi connectivity index (χ1n) is 18.1. The first-order valence-corrected chi connectivity index (χ1v) is 18.1. The van der Waals surface area contributed by atoms with Gasteiger partial charge in [-0.15, -0.1) is 0 Å². The highest BCUT2D eigenvalue weighted by Crippen LogP contribution is 2.56. The fourth-order valence-corrected chi connectivity index (χ4v) is 9.22. The van der Waals surface area contributed by atoms with Crippen LogP contribution in [0.25, 0.3) is 27.5 Å². The topological polar surface area (TPSA) is 26.6 Å². The van der Waals surface area contributed by atoms with Gasteiger partial charge in [0.1, 0.15) is 23.0 Å². The Kier molecular flexibility index (Phi) is 5.92. The smallest absolute Gasteiger partial charge is 0.260 e. The Hall–Kier alpha value is -6.20. The summed E-state index contributed by atoms with van der Waals surface area (Å²) in [6, 6.07) is 50.6. The highest BCUT2D eigenvalue weighted by Gasteiger charge is 2.43. The third kappa shape index (κ3) is 3.94. The fraction of sp³-hybridized carbons (Fsp3) is 0.106. The summed E-state index contributed by atoms with van der Waals surface area (Å²) in [4.78, 5) is 2.47. The van der Waals surface area contributed by atoms with E-state index in [1.807, 2.05) is 0 Å². The number of benzene rings is 7. The first kappa shape index (κ1) is 29.5. The maximum Gasteiger partial charge on any atom is 0.260 e. The SMILES string of the molecule is Cc1ccc2c(c1)B1c3cc(C)ccc3Oc3cc(N4c5ccccc5C(C)(C)c5ccc6c(c54)c4ccccc4n6-c4ccccc4)cc(c31)O2. The second-order valence-corrected chi connectivity index (χ2v) is 15.1. The van der Waals surface area contributed by atoms with Gasteiger partial charge in [-0.3, -0.25) is 0 Å². The molecule has 0 aliphatic carbocycles. The average molecular weight is 671 g/mol. The summed E-state index contributed by atoms with van der Waals surface area (Å²) in [7, 11) is 0. The van der Waals surface area contributed by atoms with Gasteiger partial charge in [0.25, 0.3) is 6.71 Å². The lowest BCUT2D eigenvalue weighted by Gasteiger charge is -2.43. The molecular weight excluding hydrogens is 635 g/mol. The summed E-state index contributed by atoms with van der Waals surface area (Å²) in [5.41, 5.74) is 15.0. The molecule has 4 heterocycles. The van der Waals surface area contributed by atoms with Crippen LogP contribution in [0, 0.1) is 13.8 Å². The predicted octanol–water partition coefficient (Wildman–Crippen LogP) is 10.2. The van der Waals surface area contributed by atoms with Crippen molar-refractivity contribution in [3.63, 3.8) is 0 Å². The van der Waals surface area contributed by atoms with Crippen LogP contribution in [0.5, 0.6) is 23.0 Å². The van der Waals surface area contributed by atoms with Crippen molar-refractivity contribution in [1.82, 2.24) is 4.57 Å². The number of fused-ring (bicyclic) bond motifs is 10. The summed E-state index contributed by atoms with van der Waals surface area (Å²) < 4.78 is 16.2. The second-order valence-electron chi connectivity index (χ2n) is 15.1. The van der Waals surface area contributed by atoms with E-state index in [1.54, 1.807) is 0 Å². The van der Waals surface area contributed by atoms with E-state index in [9.17, 15) is 0 Å². The lowest BCUT2D eigenvalue weighted by Crippen LogP contribution is -2.57. The summed E-state index contributed by atoms with van der Waals surface area (Å²) in [5, 5.41) is 2.45. The van der Waals surface area contributed by atoms with Crippen LogP contribution >= 0.6 is 0 Å². The normalized spacial score (nSPS) is 14.5. The quantitative estimate of drug-likeness (QED) is 0.171. The molecule has 1 aromatic heterocycles. The molecule has 0 N–H and O–H groups in total. The van der Waals surface area contributed by atoms with Crippen molar-refractivity contribution >= 4 is 62.0 Å². The molecular formula is C47H35BN2O2. The molecule has 3 aliphatic heterocycles. The summed E-state index contributed by atoms with van der Waals surface area (Å²) in [6.45, 7) is 9.03. The third-order valence-corrected chi connectivity index (χ3v) is 11.6. The van der Waals surface area contributed by atoms with Gasteiger partial charge < -0.3 is 18.9 Å². The Morgan fingerprint density at radius 2 is 1.17 bits per heavy atom. The minimum atomic E-state index is -0.249. The number of nitrogens with zero attached hydrogens (tertiary/aromatic N) is 2. The molecule has 4 nitrogen and oxygen atoms in total. The molecule has 248 valence electrons. The van der Waals surface area contributed by atoms with Crippen LogP contribution in [-0.4, -0.2) is 11.3 Å². The van der Waals surface area contributed by atoms with E-state index in [0.29, 0.717) is 0 Å². The molecule has 3 aliphatic rings. The van der Waals surface area contributed by atoms with Crippen molar-refractivity contribution in [2.45, 2.75) is 33.1 Å². The van der Waals surface area contributed by atoms with E-state index in [4.69, 9.17) is 9.47 Å². The molecule has 0 amide bonds. The van der Waals surface area contributed by atoms with E-state index in [0.717, 1.165) is 45.5 Å². The van der Waals surface area contributed by atoms with Crippen LogP contribution in [-0.2, 0) is 5.41 Å². The van der Waals surface area contributed by atoms with Crippen molar-refractivity contribution < 1.29 is 9.47 Å². The third-order valence-electron chi connectivity index (χ3n) is 11.6. The average Bonchev–Trinajstić information content (AvgIpc) is 3.50. The predicted molar refractivity (Wildman–Crippen MR) is 215 cm³/mol. The lowest BCUT2D eigenvalue weighted by atomic mass is 9.34. The van der Waals surface area contributed by atoms with Gasteiger partial charge in [0, 0.05) is 39.5 Å². The standard InChI is InChI=1S/C47H35BN2O2/c1-28-18-22-40-35(24-28)48-36-25-29(2)19-23-41(36)52-43-27-31(26-42(51-40)45(43)48)50-38-17-11-9-15-33(38)47(3,4)34-20-21-39-44(46(34)50)32-14-8-10-16-37(32)49(39)30-12-6-5-7-13-30/h5-27H,1-4H3. The molecule has 0 atom stereocenters. The largest absolute Gasteiger partial charge is 0.458 e. The van der Waals surface area contributed by atoms with Crippen LogP contribution in [0.15, 0.2) is 140 Å². The molecule has 11 rings (SSSR count). The highest BCUT2D eigenvalue weighted by atomic mass is 16.5. The number of aryl methyl sites for hydroxylation is 2. The van der Waals surface area contributed by atoms with Crippen LogP contribution in [0.4, 0.5) is 17.1 Å². The second kappa shape index (κ2) is 10.4. The fourth-order valence-electron chi connectivity index (χ4n) is 9.22. The number of hydrogen-bond acceptors (Lipinski definition) is 3. The Morgan fingerprint density at radius 1 is 0.538 bits per heavy atom. The van der Waals surface area contributed by atoms with Crippen molar-refractivity contribution in [1.29, 1.82) is 0 Å². The number of anilines is 3. The number of para-hydroxylation sites is 3. The molecule has 7 aromatic carbocycles. The van der Waals surface area contributed by atoms with Gasteiger partial charge in [-0.25, -0.2) is 0 Å². The zero-order chi connectivity index (χ0) is 34.9. The Labute approximate surface area is 303 Å². The van der Waals surface area contributed by atoms with Crippen molar-refractivity contribution in [2.75, 3.05) is 4.90 Å². The maximum atomic E-state index is 6.88. The van der Waals surface area contributed by atoms with Crippen LogP contribution in [0.2, 0.25) is 0 Å². The summed E-state index contributed by atoms with van der Waals surface area (Å²) >= 11 is 0. The van der Waals surface area contributed by atoms with Crippen LogP contribution in [0.1, 0.15) is 36.1 Å². The molecule has 0 saturated carbocycles. The van der Waals surface area contributed by atoms with Crippen molar-refractivity contribution in [2.24, 2.45) is 0 Å². The molecule has 0 bridgehead atoms. The van der Waals surface area contributed by atoms with Gasteiger partial charge >= 0.3 is 0 Å². The Bertz CT molecular complexity index is 2740. The van der Waals surface area contributed by atoms with Gasteiger partial charge in [0.05, 0.1) is 28.1 Å². The van der Waals surface area contributed by atoms with E-state index < -0.39 is 0 Å². The number of hydrogen-bond donors (Lipinski definition) is 0. The van der Waals surface area contributed by atoms with Gasteiger partial charge in [0.15, 0.2) is 0 Å². The van der Waals surface area contributed by atoms with E-state index in [2.05, 4.69) is 177 Å². The minimum Gasteiger partial charge on any atom is -0.458 e. The summed E-state index contributed by atoms with van der Waals surface area (Å²) in [5.74, 6) is 3.47. The molecule has 0 saturated heterocycles. The van der Waals surface area contributed by atoms with Crippen molar-refractivity contribution in [3.8, 4) is 28.7 Å². The maximum absolute atomic E-state index is 6.88. The molecule has 0 spiro atoms. The van der Waals surface area contributed by atoms with Gasteiger partial charge in [0.2, 0.25) is 0 Å². The molecule has 0 radical (unpaired) electrons. The van der Waals surface area contributed by atoms with Gasteiger partial charge in [-0.05, 0) is 78.4 Å². The Morgan fingerprint density at radius 3 is 1.88 bits per heavy atom. The van der Waals surface area contributed by atoms with E-state index in [1.165, 1.54) is 60.7 Å². The highest BCUT2D eigenvalue weighted by molar-refractivity contribution is 6.98. The molecule has 5 heteroatoms. The first-order chi connectivity index (χ1) is 25.4. The van der Waals surface area contributed by atoms with E-state index in [-0.39, 0.29) is 12.1 Å². The number of aromatic nitrogens is 1. The minimum absolute atomic E-state index is 0.0155. The zero-order valence-corrected chi connectivity index (χ0v) is 29.6. The van der Waals surface area contributed by atoms with Crippen molar-refractivity contribution in [3.05, 3.63) is 162 Å². The number of rotatable bonds is 2. The molecule has 52 heavy (non-hydrogen) atoms. The molecule has 0 fully saturated rings. The van der Waals surface area contributed by atoms with Gasteiger partial charge in [-0.2, -0.15) is 0 Å². The van der Waals surface area contributed by atoms with Crippen LogP contribution < -0.4 is 30.8 Å². The summed E-state index contributed by atoms with van der Waals surface area (Å²) in [6.07, 6.45) is 0. The molecule has 0 unspecified atom stereocenters. The lowest BCUT2D eigenvalue weighted by molar-refractivity contribution is 0.464. The van der Waals surface area contributed by atoms with Crippen LogP contribution in [0.3, 0.4) is 0 Å². The molecule has 8 aromatic rings. The number of ether oxygens (including phenoxy) is 2. The zero-order valence-electron chi connectivity index (χ0n) is 29.6.